The van der Waals surface area contributed by atoms with Crippen LogP contribution in [0.1, 0.15) is 39.5 Å². The largest absolute Gasteiger partial charge is 0.480 e. The lowest BCUT2D eigenvalue weighted by Gasteiger charge is -2.34. The van der Waals surface area contributed by atoms with E-state index in [4.69, 9.17) is 0 Å². The molecule has 0 spiro atoms. The number of carboxylic acids is 1. The van der Waals surface area contributed by atoms with Crippen LogP contribution in [0.15, 0.2) is 35.2 Å². The summed E-state index contributed by atoms with van der Waals surface area (Å²) < 4.78 is 0. The van der Waals surface area contributed by atoms with E-state index in [0.717, 1.165) is 31.4 Å². The summed E-state index contributed by atoms with van der Waals surface area (Å²) in [5.41, 5.74) is -0.717. The first-order chi connectivity index (χ1) is 10.0. The van der Waals surface area contributed by atoms with E-state index in [2.05, 4.69) is 17.4 Å². The Morgan fingerprint density at radius 1 is 1.43 bits per heavy atom. The van der Waals surface area contributed by atoms with Gasteiger partial charge in [-0.3, -0.25) is 10.1 Å². The first-order valence-corrected chi connectivity index (χ1v) is 8.72. The Bertz CT molecular complexity index is 463. The molecule has 1 fully saturated rings. The second kappa shape index (κ2) is 7.32. The van der Waals surface area contributed by atoms with Gasteiger partial charge in [-0.15, -0.1) is 11.8 Å². The average Bonchev–Trinajstić information content (AvgIpc) is 2.83. The van der Waals surface area contributed by atoms with Crippen LogP contribution >= 0.6 is 11.8 Å². The van der Waals surface area contributed by atoms with Crippen molar-refractivity contribution in [3.8, 4) is 0 Å². The lowest BCUT2D eigenvalue weighted by Crippen LogP contribution is -2.57. The molecule has 0 radical (unpaired) electrons. The van der Waals surface area contributed by atoms with Gasteiger partial charge in [0.05, 0.1) is 0 Å². The minimum absolute atomic E-state index is 0.198. The van der Waals surface area contributed by atoms with Crippen LogP contribution < -0.4 is 5.32 Å². The molecule has 0 bridgehead atoms. The smallest absolute Gasteiger partial charge is 0.324 e. The van der Waals surface area contributed by atoms with Gasteiger partial charge < -0.3 is 5.11 Å². The Kier molecular flexibility index (Phi) is 5.71. The summed E-state index contributed by atoms with van der Waals surface area (Å²) in [5.74, 6) is 0.528. The number of carboxylic acid groups (broad SMARTS) is 1. The minimum Gasteiger partial charge on any atom is -0.480 e. The average molecular weight is 307 g/mol. The van der Waals surface area contributed by atoms with Crippen molar-refractivity contribution >= 4 is 17.7 Å². The zero-order valence-corrected chi connectivity index (χ0v) is 13.7. The molecule has 2 atom stereocenters. The van der Waals surface area contributed by atoms with Gasteiger partial charge in [-0.05, 0) is 56.9 Å². The highest BCUT2D eigenvalue weighted by Crippen LogP contribution is 2.39. The summed E-state index contributed by atoms with van der Waals surface area (Å²) in [6.07, 6.45) is 3.72. The predicted molar refractivity (Wildman–Crippen MR) is 87.8 cm³/mol. The molecule has 2 N–H and O–H groups in total. The Labute approximate surface area is 131 Å². The standard InChI is InChI=1S/C17H25NO2S/c1-13(2)18-17(16(19)20)11-6-7-14(17)10-12-21-15-8-4-3-5-9-15/h3-5,8-9,13-14,18H,6-7,10-12H2,1-2H3,(H,19,20). The summed E-state index contributed by atoms with van der Waals surface area (Å²) in [6.45, 7) is 4.05. The van der Waals surface area contributed by atoms with Crippen LogP contribution in [0, 0.1) is 5.92 Å². The molecule has 21 heavy (non-hydrogen) atoms. The maximum Gasteiger partial charge on any atom is 0.324 e. The van der Waals surface area contributed by atoms with Gasteiger partial charge in [-0.25, -0.2) is 0 Å². The SMILES string of the molecule is CC(C)NC1(C(=O)O)CCCC1CCSc1ccccc1. The van der Waals surface area contributed by atoms with Crippen LogP contribution in [-0.4, -0.2) is 28.4 Å². The Morgan fingerprint density at radius 3 is 2.76 bits per heavy atom. The first-order valence-electron chi connectivity index (χ1n) is 7.73. The van der Waals surface area contributed by atoms with E-state index >= 15 is 0 Å². The van der Waals surface area contributed by atoms with Gasteiger partial charge in [0.25, 0.3) is 0 Å². The second-order valence-corrected chi connectivity index (χ2v) is 7.28. The predicted octanol–water partition coefficient (Wildman–Crippen LogP) is 3.79. The van der Waals surface area contributed by atoms with E-state index in [9.17, 15) is 9.90 Å². The van der Waals surface area contributed by atoms with Gasteiger partial charge in [-0.1, -0.05) is 24.6 Å². The fourth-order valence-electron chi connectivity index (χ4n) is 3.35. The van der Waals surface area contributed by atoms with Gasteiger partial charge in [0.15, 0.2) is 0 Å². The van der Waals surface area contributed by atoms with Crippen LogP contribution in [0.2, 0.25) is 0 Å². The third kappa shape index (κ3) is 4.01. The lowest BCUT2D eigenvalue weighted by atomic mass is 9.84. The van der Waals surface area contributed by atoms with Gasteiger partial charge in [0.2, 0.25) is 0 Å². The van der Waals surface area contributed by atoms with Crippen molar-refractivity contribution in [2.75, 3.05) is 5.75 Å². The molecule has 0 aromatic heterocycles. The molecular formula is C17H25NO2S. The number of carbonyl (C=O) groups is 1. The Balaban J connectivity index is 1.95. The molecule has 2 rings (SSSR count). The number of aliphatic carboxylic acids is 1. The lowest BCUT2D eigenvalue weighted by molar-refractivity contribution is -0.147. The van der Waals surface area contributed by atoms with E-state index in [1.54, 1.807) is 0 Å². The third-order valence-corrected chi connectivity index (χ3v) is 5.27. The Morgan fingerprint density at radius 2 is 2.14 bits per heavy atom. The molecule has 0 saturated heterocycles. The first kappa shape index (κ1) is 16.4. The zero-order chi connectivity index (χ0) is 15.3. The molecule has 4 heteroatoms. The molecule has 0 aliphatic heterocycles. The maximum absolute atomic E-state index is 11.8. The van der Waals surface area contributed by atoms with Crippen LogP contribution in [0.3, 0.4) is 0 Å². The van der Waals surface area contributed by atoms with Gasteiger partial charge in [-0.2, -0.15) is 0 Å². The highest BCUT2D eigenvalue weighted by atomic mass is 32.2. The molecule has 1 aliphatic carbocycles. The molecule has 1 aromatic carbocycles. The van der Waals surface area contributed by atoms with Crippen molar-refractivity contribution in [1.29, 1.82) is 0 Å². The van der Waals surface area contributed by atoms with Crippen molar-refractivity contribution < 1.29 is 9.90 Å². The van der Waals surface area contributed by atoms with Crippen molar-refractivity contribution in [1.82, 2.24) is 5.32 Å². The summed E-state index contributed by atoms with van der Waals surface area (Å²) >= 11 is 1.82. The topological polar surface area (TPSA) is 49.3 Å². The van der Waals surface area contributed by atoms with Crippen molar-refractivity contribution in [3.63, 3.8) is 0 Å². The van der Waals surface area contributed by atoms with Crippen molar-refractivity contribution in [2.45, 2.75) is 56.0 Å². The molecule has 116 valence electrons. The van der Waals surface area contributed by atoms with Crippen LogP contribution in [-0.2, 0) is 4.79 Å². The van der Waals surface area contributed by atoms with Gasteiger partial charge >= 0.3 is 5.97 Å². The number of rotatable bonds is 7. The van der Waals surface area contributed by atoms with Crippen molar-refractivity contribution in [3.05, 3.63) is 30.3 Å². The highest BCUT2D eigenvalue weighted by Gasteiger charge is 2.48. The maximum atomic E-state index is 11.8. The number of benzene rings is 1. The van der Waals surface area contributed by atoms with E-state index in [0.29, 0.717) is 0 Å². The van der Waals surface area contributed by atoms with Crippen LogP contribution in [0.4, 0.5) is 0 Å². The van der Waals surface area contributed by atoms with Crippen LogP contribution in [0.5, 0.6) is 0 Å². The number of hydrogen-bond acceptors (Lipinski definition) is 3. The zero-order valence-electron chi connectivity index (χ0n) is 12.8. The van der Waals surface area contributed by atoms with Gasteiger partial charge in [0.1, 0.15) is 5.54 Å². The molecule has 1 saturated carbocycles. The monoisotopic (exact) mass is 307 g/mol. The molecule has 2 unspecified atom stereocenters. The number of hydrogen-bond donors (Lipinski definition) is 2. The quantitative estimate of drug-likeness (QED) is 0.753. The van der Waals surface area contributed by atoms with E-state index in [1.807, 2.05) is 43.8 Å². The highest BCUT2D eigenvalue weighted by molar-refractivity contribution is 7.99. The second-order valence-electron chi connectivity index (χ2n) is 6.11. The Hall–Kier alpha value is -1.00. The molecular weight excluding hydrogens is 282 g/mol. The molecule has 3 nitrogen and oxygen atoms in total. The third-order valence-electron chi connectivity index (χ3n) is 4.23. The number of nitrogens with one attached hydrogen (secondary N) is 1. The van der Waals surface area contributed by atoms with E-state index < -0.39 is 11.5 Å². The van der Waals surface area contributed by atoms with E-state index in [-0.39, 0.29) is 12.0 Å². The molecule has 1 aromatic rings. The van der Waals surface area contributed by atoms with Crippen LogP contribution in [0.25, 0.3) is 0 Å². The fourth-order valence-corrected chi connectivity index (χ4v) is 4.34. The summed E-state index contributed by atoms with van der Waals surface area (Å²) in [7, 11) is 0. The summed E-state index contributed by atoms with van der Waals surface area (Å²) in [6, 6.07) is 10.5. The normalized spacial score (nSPS) is 25.4. The van der Waals surface area contributed by atoms with Gasteiger partial charge in [0, 0.05) is 10.9 Å². The number of thioether (sulfide) groups is 1. The summed E-state index contributed by atoms with van der Waals surface area (Å²) in [4.78, 5) is 13.1. The fraction of sp³-hybridized carbons (Fsp3) is 0.588. The molecule has 1 aliphatic rings. The molecule has 0 amide bonds. The van der Waals surface area contributed by atoms with Crippen molar-refractivity contribution in [2.24, 2.45) is 5.92 Å². The molecule has 0 heterocycles. The minimum atomic E-state index is -0.717. The summed E-state index contributed by atoms with van der Waals surface area (Å²) in [5, 5.41) is 13.1. The van der Waals surface area contributed by atoms with E-state index in [1.165, 1.54) is 4.90 Å².